The molecule has 0 saturated heterocycles. The molecule has 1 nitrogen and oxygen atoms in total. The molecule has 2 aromatic carbocycles. The number of hydrogen-bond donors (Lipinski definition) is 1. The first-order valence-corrected chi connectivity index (χ1v) is 6.85. The van der Waals surface area contributed by atoms with Crippen molar-refractivity contribution < 1.29 is 5.11 Å². The largest absolute Gasteiger partial charge is 0.385 e. The van der Waals surface area contributed by atoms with Crippen molar-refractivity contribution in [2.75, 3.05) is 0 Å². The summed E-state index contributed by atoms with van der Waals surface area (Å²) in [6.45, 7) is 1.84. The van der Waals surface area contributed by atoms with Crippen LogP contribution < -0.4 is 0 Å². The van der Waals surface area contributed by atoms with Gasteiger partial charge in [0.2, 0.25) is 0 Å². The molecule has 1 heteroatoms. The number of hydrogen-bond acceptors (Lipinski definition) is 1. The van der Waals surface area contributed by atoms with Crippen LogP contribution in [0.2, 0.25) is 0 Å². The van der Waals surface area contributed by atoms with E-state index in [4.69, 9.17) is 0 Å². The summed E-state index contributed by atoms with van der Waals surface area (Å²) in [7, 11) is 0. The SMILES string of the molecule is CC(O)(C/C=C/C=C/c1ccccc1)c1ccccc1. The fourth-order valence-corrected chi connectivity index (χ4v) is 2.02. The first kappa shape index (κ1) is 14.3. The van der Waals surface area contributed by atoms with E-state index in [2.05, 4.69) is 12.1 Å². The molecule has 0 radical (unpaired) electrons. The zero-order valence-electron chi connectivity index (χ0n) is 11.7. The minimum Gasteiger partial charge on any atom is -0.385 e. The molecule has 2 aromatic rings. The highest BCUT2D eigenvalue weighted by Crippen LogP contribution is 2.24. The summed E-state index contributed by atoms with van der Waals surface area (Å²) < 4.78 is 0. The second kappa shape index (κ2) is 6.88. The van der Waals surface area contributed by atoms with Gasteiger partial charge in [-0.1, -0.05) is 85.0 Å². The van der Waals surface area contributed by atoms with Gasteiger partial charge in [0.15, 0.2) is 0 Å². The van der Waals surface area contributed by atoms with Crippen molar-refractivity contribution in [3.8, 4) is 0 Å². The van der Waals surface area contributed by atoms with E-state index >= 15 is 0 Å². The van der Waals surface area contributed by atoms with E-state index in [-0.39, 0.29) is 0 Å². The standard InChI is InChI=1S/C19H20O/c1-19(20,18-14-8-3-9-15-18)16-10-4-7-13-17-11-5-2-6-12-17/h2-15,20H,16H2,1H3/b10-4+,13-7+. The zero-order chi connectivity index (χ0) is 14.3. The van der Waals surface area contributed by atoms with Gasteiger partial charge in [-0.2, -0.15) is 0 Å². The summed E-state index contributed by atoms with van der Waals surface area (Å²) in [5.74, 6) is 0. The van der Waals surface area contributed by atoms with E-state index in [0.717, 1.165) is 5.56 Å². The first-order chi connectivity index (χ1) is 9.68. The second-order valence-electron chi connectivity index (χ2n) is 5.04. The minimum absolute atomic E-state index is 0.593. The molecule has 0 aromatic heterocycles. The third kappa shape index (κ3) is 4.22. The van der Waals surface area contributed by atoms with Gasteiger partial charge in [0.1, 0.15) is 0 Å². The molecule has 0 aliphatic heterocycles. The number of rotatable bonds is 5. The molecule has 0 amide bonds. The van der Waals surface area contributed by atoms with Gasteiger partial charge in [0.25, 0.3) is 0 Å². The Morgan fingerprint density at radius 3 is 2.15 bits per heavy atom. The lowest BCUT2D eigenvalue weighted by atomic mass is 9.92. The van der Waals surface area contributed by atoms with Crippen LogP contribution in [0.4, 0.5) is 0 Å². The van der Waals surface area contributed by atoms with E-state index in [0.29, 0.717) is 6.42 Å². The van der Waals surface area contributed by atoms with E-state index in [9.17, 15) is 5.11 Å². The molecule has 0 bridgehead atoms. The molecule has 0 spiro atoms. The fourth-order valence-electron chi connectivity index (χ4n) is 2.02. The highest BCUT2D eigenvalue weighted by Gasteiger charge is 2.20. The summed E-state index contributed by atoms with van der Waals surface area (Å²) >= 11 is 0. The van der Waals surface area contributed by atoms with Crippen LogP contribution in [0, 0.1) is 0 Å². The van der Waals surface area contributed by atoms with Gasteiger partial charge in [-0.15, -0.1) is 0 Å². The Bertz CT molecular complexity index is 565. The molecule has 2 rings (SSSR count). The lowest BCUT2D eigenvalue weighted by Gasteiger charge is -2.21. The van der Waals surface area contributed by atoms with Crippen LogP contribution in [0.1, 0.15) is 24.5 Å². The van der Waals surface area contributed by atoms with Crippen molar-refractivity contribution in [2.24, 2.45) is 0 Å². The lowest BCUT2D eigenvalue weighted by Crippen LogP contribution is -2.19. The minimum atomic E-state index is -0.821. The predicted molar refractivity (Wildman–Crippen MR) is 85.2 cm³/mol. The van der Waals surface area contributed by atoms with Gasteiger partial charge in [0, 0.05) is 0 Å². The normalized spacial score (nSPS) is 14.7. The molecule has 1 atom stereocenters. The van der Waals surface area contributed by atoms with E-state index < -0.39 is 5.60 Å². The molecular weight excluding hydrogens is 244 g/mol. The van der Waals surface area contributed by atoms with Crippen molar-refractivity contribution in [1.29, 1.82) is 0 Å². The van der Waals surface area contributed by atoms with E-state index in [1.807, 2.05) is 79.8 Å². The second-order valence-corrected chi connectivity index (χ2v) is 5.04. The number of benzene rings is 2. The highest BCUT2D eigenvalue weighted by molar-refractivity contribution is 5.50. The Kier molecular flexibility index (Phi) is 4.91. The fraction of sp³-hybridized carbons (Fsp3) is 0.158. The van der Waals surface area contributed by atoms with E-state index in [1.165, 1.54) is 5.56 Å². The first-order valence-electron chi connectivity index (χ1n) is 6.85. The molecule has 0 aliphatic rings. The van der Waals surface area contributed by atoms with Gasteiger partial charge in [0.05, 0.1) is 5.60 Å². The summed E-state index contributed by atoms with van der Waals surface area (Å²) in [5, 5.41) is 10.4. The zero-order valence-corrected chi connectivity index (χ0v) is 11.7. The molecule has 0 fully saturated rings. The quantitative estimate of drug-likeness (QED) is 0.785. The van der Waals surface area contributed by atoms with Crippen molar-refractivity contribution >= 4 is 6.08 Å². The van der Waals surface area contributed by atoms with Crippen LogP contribution >= 0.6 is 0 Å². The van der Waals surface area contributed by atoms with Crippen LogP contribution in [0.5, 0.6) is 0 Å². The molecule has 1 unspecified atom stereocenters. The van der Waals surface area contributed by atoms with Crippen LogP contribution in [-0.2, 0) is 5.60 Å². The molecule has 0 saturated carbocycles. The van der Waals surface area contributed by atoms with Gasteiger partial charge < -0.3 is 5.11 Å². The number of allylic oxidation sites excluding steroid dienone is 2. The third-order valence-corrected chi connectivity index (χ3v) is 3.25. The van der Waals surface area contributed by atoms with Crippen molar-refractivity contribution in [3.63, 3.8) is 0 Å². The van der Waals surface area contributed by atoms with Gasteiger partial charge >= 0.3 is 0 Å². The number of aliphatic hydroxyl groups is 1. The summed E-state index contributed by atoms with van der Waals surface area (Å²) in [4.78, 5) is 0. The van der Waals surface area contributed by atoms with Crippen LogP contribution in [0.15, 0.2) is 78.9 Å². The van der Waals surface area contributed by atoms with Crippen LogP contribution in [0.3, 0.4) is 0 Å². The van der Waals surface area contributed by atoms with Crippen LogP contribution in [-0.4, -0.2) is 5.11 Å². The molecule has 20 heavy (non-hydrogen) atoms. The summed E-state index contributed by atoms with van der Waals surface area (Å²) in [6, 6.07) is 19.9. The van der Waals surface area contributed by atoms with Crippen molar-refractivity contribution in [1.82, 2.24) is 0 Å². The maximum Gasteiger partial charge on any atom is 0.0902 e. The van der Waals surface area contributed by atoms with Gasteiger partial charge in [-0.3, -0.25) is 0 Å². The average molecular weight is 264 g/mol. The van der Waals surface area contributed by atoms with Gasteiger partial charge in [-0.25, -0.2) is 0 Å². The maximum absolute atomic E-state index is 10.4. The monoisotopic (exact) mass is 264 g/mol. The summed E-state index contributed by atoms with van der Waals surface area (Å²) in [5.41, 5.74) is 1.29. The molecule has 0 aliphatic carbocycles. The Hall–Kier alpha value is -2.12. The van der Waals surface area contributed by atoms with Crippen molar-refractivity contribution in [3.05, 3.63) is 90.0 Å². The Balaban J connectivity index is 1.92. The van der Waals surface area contributed by atoms with Gasteiger partial charge in [-0.05, 0) is 24.5 Å². The summed E-state index contributed by atoms with van der Waals surface area (Å²) in [6.07, 6.45) is 8.61. The Morgan fingerprint density at radius 2 is 1.50 bits per heavy atom. The molecule has 1 N–H and O–H groups in total. The maximum atomic E-state index is 10.4. The third-order valence-electron chi connectivity index (χ3n) is 3.25. The van der Waals surface area contributed by atoms with Crippen LogP contribution in [0.25, 0.3) is 6.08 Å². The Morgan fingerprint density at radius 1 is 0.900 bits per heavy atom. The molecular formula is C19H20O. The average Bonchev–Trinajstić information content (AvgIpc) is 2.49. The highest BCUT2D eigenvalue weighted by atomic mass is 16.3. The smallest absolute Gasteiger partial charge is 0.0902 e. The Labute approximate surface area is 120 Å². The molecule has 0 heterocycles. The molecule has 102 valence electrons. The van der Waals surface area contributed by atoms with Crippen molar-refractivity contribution in [2.45, 2.75) is 18.9 Å². The van der Waals surface area contributed by atoms with E-state index in [1.54, 1.807) is 0 Å². The lowest BCUT2D eigenvalue weighted by molar-refractivity contribution is 0.0605. The topological polar surface area (TPSA) is 20.2 Å². The predicted octanol–water partition coefficient (Wildman–Crippen LogP) is 4.55.